The van der Waals surface area contributed by atoms with Crippen LogP contribution in [0.15, 0.2) is 77.6 Å². The number of pyridine rings is 1. The van der Waals surface area contributed by atoms with Gasteiger partial charge < -0.3 is 14.6 Å². The SMILES string of the molecule is CCc1cccc(C)c1NC(=O)C(C)OC(=O)c1c(-c2ccccc2)c2ccccc2c(=O)n1C. The molecule has 0 saturated carbocycles. The Morgan fingerprint density at radius 1 is 0.943 bits per heavy atom. The highest BCUT2D eigenvalue weighted by Gasteiger charge is 2.26. The fraction of sp³-hybridized carbons (Fsp3) is 0.207. The lowest BCUT2D eigenvalue weighted by molar-refractivity contribution is -0.123. The number of carbonyl (C=O) groups excluding carboxylic acids is 2. The van der Waals surface area contributed by atoms with Gasteiger partial charge in [0, 0.05) is 23.7 Å². The van der Waals surface area contributed by atoms with Crippen LogP contribution in [0.4, 0.5) is 5.69 Å². The number of hydrogen-bond acceptors (Lipinski definition) is 4. The van der Waals surface area contributed by atoms with Gasteiger partial charge in [-0.2, -0.15) is 0 Å². The van der Waals surface area contributed by atoms with Crippen LogP contribution in [0.1, 0.15) is 35.5 Å². The third-order valence-corrected chi connectivity index (χ3v) is 6.20. The molecule has 0 saturated heterocycles. The Balaban J connectivity index is 1.72. The number of carbonyl (C=O) groups is 2. The first-order valence-corrected chi connectivity index (χ1v) is 11.6. The minimum atomic E-state index is -1.07. The van der Waals surface area contributed by atoms with E-state index in [2.05, 4.69) is 5.32 Å². The fourth-order valence-corrected chi connectivity index (χ4v) is 4.30. The van der Waals surface area contributed by atoms with E-state index in [1.165, 1.54) is 11.5 Å². The number of para-hydroxylation sites is 1. The van der Waals surface area contributed by atoms with Crippen molar-refractivity contribution in [3.63, 3.8) is 0 Å². The summed E-state index contributed by atoms with van der Waals surface area (Å²) in [4.78, 5) is 39.5. The maximum Gasteiger partial charge on any atom is 0.356 e. The molecule has 1 atom stereocenters. The van der Waals surface area contributed by atoms with Gasteiger partial charge in [-0.3, -0.25) is 9.59 Å². The highest BCUT2D eigenvalue weighted by atomic mass is 16.5. The van der Waals surface area contributed by atoms with Crippen LogP contribution < -0.4 is 10.9 Å². The van der Waals surface area contributed by atoms with Gasteiger partial charge in [-0.1, -0.05) is 73.7 Å². The van der Waals surface area contributed by atoms with Crippen molar-refractivity contribution in [1.29, 1.82) is 0 Å². The zero-order valence-electron chi connectivity index (χ0n) is 20.3. The number of nitrogens with zero attached hydrogens (tertiary/aromatic N) is 1. The number of aryl methyl sites for hydroxylation is 2. The summed E-state index contributed by atoms with van der Waals surface area (Å²) in [5, 5.41) is 4.06. The largest absolute Gasteiger partial charge is 0.448 e. The predicted octanol–water partition coefficient (Wildman–Crippen LogP) is 5.26. The monoisotopic (exact) mass is 468 g/mol. The number of rotatable bonds is 6. The van der Waals surface area contributed by atoms with Gasteiger partial charge >= 0.3 is 5.97 Å². The van der Waals surface area contributed by atoms with Crippen LogP contribution in [0, 0.1) is 6.92 Å². The average Bonchev–Trinajstić information content (AvgIpc) is 2.87. The molecule has 1 N–H and O–H groups in total. The van der Waals surface area contributed by atoms with Crippen LogP contribution >= 0.6 is 0 Å². The molecule has 1 heterocycles. The summed E-state index contributed by atoms with van der Waals surface area (Å²) in [6.07, 6.45) is -0.317. The van der Waals surface area contributed by atoms with Gasteiger partial charge in [0.05, 0.1) is 0 Å². The van der Waals surface area contributed by atoms with Crippen molar-refractivity contribution in [3.05, 3.63) is 100.0 Å². The van der Waals surface area contributed by atoms with E-state index >= 15 is 0 Å². The molecular formula is C29H28N2O4. The number of anilines is 1. The third kappa shape index (κ3) is 4.60. The Bertz CT molecular complexity index is 1470. The van der Waals surface area contributed by atoms with Gasteiger partial charge in [0.25, 0.3) is 11.5 Å². The molecular weight excluding hydrogens is 440 g/mol. The molecule has 1 aromatic heterocycles. The molecule has 1 unspecified atom stereocenters. The summed E-state index contributed by atoms with van der Waals surface area (Å²) < 4.78 is 6.92. The number of ether oxygens (including phenoxy) is 1. The number of nitrogens with one attached hydrogen (secondary N) is 1. The minimum Gasteiger partial charge on any atom is -0.448 e. The molecule has 0 spiro atoms. The molecule has 6 nitrogen and oxygen atoms in total. The molecule has 35 heavy (non-hydrogen) atoms. The summed E-state index contributed by atoms with van der Waals surface area (Å²) in [6, 6.07) is 22.4. The van der Waals surface area contributed by atoms with Crippen molar-refractivity contribution in [2.45, 2.75) is 33.3 Å². The smallest absolute Gasteiger partial charge is 0.356 e. The highest BCUT2D eigenvalue weighted by Crippen LogP contribution is 2.31. The molecule has 0 aliphatic rings. The molecule has 0 aliphatic heterocycles. The standard InChI is InChI=1S/C29H28N2O4/c1-5-20-15-11-12-18(2)25(20)30-27(32)19(3)35-29(34)26-24(21-13-7-6-8-14-21)22-16-9-10-17-23(22)28(33)31(26)4/h6-17,19H,5H2,1-4H3,(H,30,32). The normalized spacial score (nSPS) is 11.8. The second kappa shape index (κ2) is 9.97. The van der Waals surface area contributed by atoms with Crippen molar-refractivity contribution in [2.24, 2.45) is 7.05 Å². The van der Waals surface area contributed by atoms with Crippen LogP contribution in [0.3, 0.4) is 0 Å². The number of aromatic nitrogens is 1. The third-order valence-electron chi connectivity index (χ3n) is 6.20. The van der Waals surface area contributed by atoms with E-state index in [9.17, 15) is 14.4 Å². The van der Waals surface area contributed by atoms with Gasteiger partial charge in [0.1, 0.15) is 5.69 Å². The zero-order chi connectivity index (χ0) is 25.1. The molecule has 178 valence electrons. The van der Waals surface area contributed by atoms with Crippen LogP contribution in [-0.2, 0) is 23.0 Å². The van der Waals surface area contributed by atoms with E-state index < -0.39 is 18.0 Å². The van der Waals surface area contributed by atoms with Gasteiger partial charge in [-0.25, -0.2) is 4.79 Å². The maximum absolute atomic E-state index is 13.5. The van der Waals surface area contributed by atoms with Crippen LogP contribution in [0.25, 0.3) is 21.9 Å². The van der Waals surface area contributed by atoms with E-state index in [1.807, 2.05) is 74.5 Å². The lowest BCUT2D eigenvalue weighted by Crippen LogP contribution is -2.33. The van der Waals surface area contributed by atoms with E-state index in [0.717, 1.165) is 28.8 Å². The summed E-state index contributed by atoms with van der Waals surface area (Å²) in [5.41, 5.74) is 3.82. The number of esters is 1. The lowest BCUT2D eigenvalue weighted by Gasteiger charge is -2.20. The van der Waals surface area contributed by atoms with Crippen LogP contribution in [0.5, 0.6) is 0 Å². The zero-order valence-corrected chi connectivity index (χ0v) is 20.3. The van der Waals surface area contributed by atoms with Crippen molar-refractivity contribution in [2.75, 3.05) is 5.32 Å². The molecule has 0 aliphatic carbocycles. The molecule has 4 rings (SSSR count). The quantitative estimate of drug-likeness (QED) is 0.392. The predicted molar refractivity (Wildman–Crippen MR) is 139 cm³/mol. The Morgan fingerprint density at radius 2 is 1.60 bits per heavy atom. The maximum atomic E-state index is 13.5. The second-order valence-corrected chi connectivity index (χ2v) is 8.50. The van der Waals surface area contributed by atoms with E-state index in [4.69, 9.17) is 4.74 Å². The number of amides is 1. The van der Waals surface area contributed by atoms with E-state index in [-0.39, 0.29) is 11.3 Å². The van der Waals surface area contributed by atoms with Crippen LogP contribution in [0.2, 0.25) is 0 Å². The van der Waals surface area contributed by atoms with Crippen molar-refractivity contribution < 1.29 is 14.3 Å². The van der Waals surface area contributed by atoms with Crippen LogP contribution in [-0.4, -0.2) is 22.5 Å². The second-order valence-electron chi connectivity index (χ2n) is 8.50. The minimum absolute atomic E-state index is 0.102. The Kier molecular flexibility index (Phi) is 6.82. The first-order valence-electron chi connectivity index (χ1n) is 11.6. The number of benzene rings is 3. The van der Waals surface area contributed by atoms with Gasteiger partial charge in [-0.15, -0.1) is 0 Å². The Labute approximate surface area is 204 Å². The molecule has 1 amide bonds. The Hall–Kier alpha value is -4.19. The van der Waals surface area contributed by atoms with Gasteiger partial charge in [-0.05, 0) is 48.4 Å². The molecule has 6 heteroatoms. The van der Waals surface area contributed by atoms with Crippen molar-refractivity contribution in [3.8, 4) is 11.1 Å². The molecule has 0 bridgehead atoms. The van der Waals surface area contributed by atoms with E-state index in [0.29, 0.717) is 16.3 Å². The highest BCUT2D eigenvalue weighted by molar-refractivity contribution is 6.07. The van der Waals surface area contributed by atoms with Gasteiger partial charge in [0.2, 0.25) is 0 Å². The van der Waals surface area contributed by atoms with E-state index in [1.54, 1.807) is 19.2 Å². The molecule has 0 radical (unpaired) electrons. The summed E-state index contributed by atoms with van der Waals surface area (Å²) in [7, 11) is 1.55. The molecule has 3 aromatic carbocycles. The molecule has 4 aromatic rings. The summed E-state index contributed by atoms with van der Waals surface area (Å²) in [6.45, 7) is 5.46. The van der Waals surface area contributed by atoms with Crippen molar-refractivity contribution >= 4 is 28.3 Å². The van der Waals surface area contributed by atoms with Crippen molar-refractivity contribution in [1.82, 2.24) is 4.57 Å². The lowest BCUT2D eigenvalue weighted by atomic mass is 9.97. The Morgan fingerprint density at radius 3 is 2.29 bits per heavy atom. The van der Waals surface area contributed by atoms with Gasteiger partial charge in [0.15, 0.2) is 6.10 Å². The first kappa shape index (κ1) is 24.0. The molecule has 0 fully saturated rings. The first-order chi connectivity index (χ1) is 16.8. The summed E-state index contributed by atoms with van der Waals surface area (Å²) >= 11 is 0. The number of fused-ring (bicyclic) bond motifs is 1. The fourth-order valence-electron chi connectivity index (χ4n) is 4.30. The summed E-state index contributed by atoms with van der Waals surface area (Å²) in [5.74, 6) is -1.17. The average molecular weight is 469 g/mol. The number of hydrogen-bond donors (Lipinski definition) is 1. The topological polar surface area (TPSA) is 77.4 Å².